The molecule has 0 aliphatic carbocycles. The van der Waals surface area contributed by atoms with Crippen LogP contribution in [0.15, 0.2) is 30.5 Å². The second-order valence-electron chi connectivity index (χ2n) is 4.25. The summed E-state index contributed by atoms with van der Waals surface area (Å²) in [5, 5.41) is 11.7. The van der Waals surface area contributed by atoms with Crippen LogP contribution in [0.5, 0.6) is 0 Å². The van der Waals surface area contributed by atoms with E-state index < -0.39 is 5.97 Å². The summed E-state index contributed by atoms with van der Waals surface area (Å²) < 4.78 is 1.77. The Balaban J connectivity index is 2.32. The SMILES string of the molecule is CCn1cccc1C(=O)Nc1c(Cl)cc(C(=O)O)cc1Cl. The summed E-state index contributed by atoms with van der Waals surface area (Å²) in [6.07, 6.45) is 1.78. The molecule has 0 aliphatic rings. The zero-order chi connectivity index (χ0) is 15.6. The predicted octanol–water partition coefficient (Wildman–Crippen LogP) is 3.77. The molecule has 2 N–H and O–H groups in total. The van der Waals surface area contributed by atoms with Crippen molar-refractivity contribution in [3.8, 4) is 0 Å². The van der Waals surface area contributed by atoms with Gasteiger partial charge in [0, 0.05) is 12.7 Å². The van der Waals surface area contributed by atoms with Crippen LogP contribution in [0.2, 0.25) is 10.0 Å². The average Bonchev–Trinajstić information content (AvgIpc) is 2.90. The zero-order valence-corrected chi connectivity index (χ0v) is 12.6. The van der Waals surface area contributed by atoms with E-state index in [9.17, 15) is 9.59 Å². The number of rotatable bonds is 4. The van der Waals surface area contributed by atoms with Crippen LogP contribution in [0, 0.1) is 0 Å². The van der Waals surface area contributed by atoms with Crippen LogP contribution in [0.3, 0.4) is 0 Å². The van der Waals surface area contributed by atoms with Crippen molar-refractivity contribution in [1.29, 1.82) is 0 Å². The number of halogens is 2. The lowest BCUT2D eigenvalue weighted by Crippen LogP contribution is -2.17. The molecule has 21 heavy (non-hydrogen) atoms. The summed E-state index contributed by atoms with van der Waals surface area (Å²) in [7, 11) is 0. The van der Waals surface area contributed by atoms with E-state index >= 15 is 0 Å². The average molecular weight is 327 g/mol. The third-order valence-corrected chi connectivity index (χ3v) is 3.53. The number of nitrogens with one attached hydrogen (secondary N) is 1. The lowest BCUT2D eigenvalue weighted by molar-refractivity contribution is 0.0696. The molecule has 1 aromatic heterocycles. The van der Waals surface area contributed by atoms with Crippen molar-refractivity contribution < 1.29 is 14.7 Å². The standard InChI is InChI=1S/C14H12Cl2N2O3/c1-2-18-5-3-4-11(18)13(19)17-12-9(15)6-8(14(20)21)7-10(12)16/h3-7H,2H2,1H3,(H,17,19)(H,20,21). The van der Waals surface area contributed by atoms with E-state index in [-0.39, 0.29) is 27.2 Å². The van der Waals surface area contributed by atoms with Gasteiger partial charge >= 0.3 is 5.97 Å². The minimum Gasteiger partial charge on any atom is -0.478 e. The number of carbonyl (C=O) groups excluding carboxylic acids is 1. The van der Waals surface area contributed by atoms with E-state index in [1.165, 1.54) is 12.1 Å². The van der Waals surface area contributed by atoms with E-state index in [0.717, 1.165) is 0 Å². The summed E-state index contributed by atoms with van der Waals surface area (Å²) in [5.74, 6) is -1.51. The minimum absolute atomic E-state index is 0.0417. The highest BCUT2D eigenvalue weighted by Gasteiger charge is 2.16. The smallest absolute Gasteiger partial charge is 0.335 e. The van der Waals surface area contributed by atoms with Gasteiger partial charge in [0.2, 0.25) is 0 Å². The Morgan fingerprint density at radius 2 is 1.90 bits per heavy atom. The third kappa shape index (κ3) is 3.20. The molecule has 0 unspecified atom stereocenters. The van der Waals surface area contributed by atoms with E-state index in [1.807, 2.05) is 6.92 Å². The number of nitrogens with zero attached hydrogens (tertiary/aromatic N) is 1. The summed E-state index contributed by atoms with van der Waals surface area (Å²) in [4.78, 5) is 23.1. The lowest BCUT2D eigenvalue weighted by atomic mass is 10.2. The second-order valence-corrected chi connectivity index (χ2v) is 5.07. The molecule has 5 nitrogen and oxygen atoms in total. The molecule has 0 saturated carbocycles. The van der Waals surface area contributed by atoms with Gasteiger partial charge in [0.25, 0.3) is 5.91 Å². The van der Waals surface area contributed by atoms with Crippen molar-refractivity contribution in [3.05, 3.63) is 51.8 Å². The largest absolute Gasteiger partial charge is 0.478 e. The van der Waals surface area contributed by atoms with Crippen molar-refractivity contribution in [2.24, 2.45) is 0 Å². The van der Waals surface area contributed by atoms with Gasteiger partial charge < -0.3 is 15.0 Å². The van der Waals surface area contributed by atoms with Crippen LogP contribution in [0.1, 0.15) is 27.8 Å². The fraction of sp³-hybridized carbons (Fsp3) is 0.143. The van der Waals surface area contributed by atoms with Gasteiger partial charge in [-0.05, 0) is 31.2 Å². The molecule has 1 amide bonds. The number of aryl methyl sites for hydroxylation is 1. The molecule has 0 bridgehead atoms. The third-order valence-electron chi connectivity index (χ3n) is 2.93. The summed E-state index contributed by atoms with van der Waals surface area (Å²) >= 11 is 12.0. The number of anilines is 1. The van der Waals surface area contributed by atoms with Crippen molar-refractivity contribution >= 4 is 40.8 Å². The molecule has 110 valence electrons. The molecule has 0 radical (unpaired) electrons. The monoisotopic (exact) mass is 326 g/mol. The van der Waals surface area contributed by atoms with Gasteiger partial charge in [-0.1, -0.05) is 23.2 Å². The summed E-state index contributed by atoms with van der Waals surface area (Å²) in [5.41, 5.74) is 0.615. The highest BCUT2D eigenvalue weighted by Crippen LogP contribution is 2.32. The Morgan fingerprint density at radius 3 is 2.43 bits per heavy atom. The maximum absolute atomic E-state index is 12.2. The van der Waals surface area contributed by atoms with Crippen LogP contribution >= 0.6 is 23.2 Å². The Morgan fingerprint density at radius 1 is 1.29 bits per heavy atom. The Labute approximate surface area is 131 Å². The first-order valence-corrected chi connectivity index (χ1v) is 6.88. The van der Waals surface area contributed by atoms with Gasteiger partial charge in [-0.15, -0.1) is 0 Å². The predicted molar refractivity (Wildman–Crippen MR) is 81.5 cm³/mol. The first-order valence-electron chi connectivity index (χ1n) is 6.13. The second kappa shape index (κ2) is 6.20. The van der Waals surface area contributed by atoms with E-state index in [4.69, 9.17) is 28.3 Å². The number of carboxylic acid groups (broad SMARTS) is 1. The number of hydrogen-bond acceptors (Lipinski definition) is 2. The number of benzene rings is 1. The summed E-state index contributed by atoms with van der Waals surface area (Å²) in [6.45, 7) is 2.56. The van der Waals surface area contributed by atoms with Gasteiger partial charge in [-0.25, -0.2) is 4.79 Å². The first kappa shape index (κ1) is 15.4. The number of carbonyl (C=O) groups is 2. The van der Waals surface area contributed by atoms with Crippen LogP contribution in [-0.2, 0) is 6.54 Å². The lowest BCUT2D eigenvalue weighted by Gasteiger charge is -2.11. The topological polar surface area (TPSA) is 71.3 Å². The number of carboxylic acids is 1. The fourth-order valence-electron chi connectivity index (χ4n) is 1.89. The number of amides is 1. The quantitative estimate of drug-likeness (QED) is 0.898. The first-order chi connectivity index (χ1) is 9.93. The maximum Gasteiger partial charge on any atom is 0.335 e. The molecule has 7 heteroatoms. The molecule has 1 heterocycles. The molecular weight excluding hydrogens is 315 g/mol. The van der Waals surface area contributed by atoms with E-state index in [2.05, 4.69) is 5.32 Å². The van der Waals surface area contributed by atoms with Crippen LogP contribution < -0.4 is 5.32 Å². The Bertz CT molecular complexity index is 687. The fourth-order valence-corrected chi connectivity index (χ4v) is 2.47. The van der Waals surface area contributed by atoms with Crippen LogP contribution in [-0.4, -0.2) is 21.6 Å². The molecule has 0 atom stereocenters. The highest BCUT2D eigenvalue weighted by molar-refractivity contribution is 6.40. The number of aromatic carboxylic acids is 1. The Hall–Kier alpha value is -1.98. The normalized spacial score (nSPS) is 10.4. The van der Waals surface area contributed by atoms with Crippen molar-refractivity contribution in [1.82, 2.24) is 4.57 Å². The van der Waals surface area contributed by atoms with Crippen molar-refractivity contribution in [2.45, 2.75) is 13.5 Å². The molecule has 2 aromatic rings. The van der Waals surface area contributed by atoms with Crippen LogP contribution in [0.25, 0.3) is 0 Å². The molecule has 0 aliphatic heterocycles. The number of aromatic nitrogens is 1. The van der Waals surface area contributed by atoms with Gasteiger partial charge in [-0.3, -0.25) is 4.79 Å². The van der Waals surface area contributed by atoms with Gasteiger partial charge in [0.15, 0.2) is 0 Å². The minimum atomic E-state index is -1.14. The van der Waals surface area contributed by atoms with Gasteiger partial charge in [-0.2, -0.15) is 0 Å². The van der Waals surface area contributed by atoms with Crippen LogP contribution in [0.4, 0.5) is 5.69 Å². The zero-order valence-electron chi connectivity index (χ0n) is 11.1. The molecule has 2 rings (SSSR count). The van der Waals surface area contributed by atoms with Gasteiger partial charge in [0.05, 0.1) is 21.3 Å². The molecule has 0 fully saturated rings. The van der Waals surface area contributed by atoms with Gasteiger partial charge in [0.1, 0.15) is 5.69 Å². The summed E-state index contributed by atoms with van der Waals surface area (Å²) in [6, 6.07) is 5.91. The highest BCUT2D eigenvalue weighted by atomic mass is 35.5. The molecule has 0 saturated heterocycles. The van der Waals surface area contributed by atoms with Crippen molar-refractivity contribution in [3.63, 3.8) is 0 Å². The van der Waals surface area contributed by atoms with E-state index in [1.54, 1.807) is 22.9 Å². The molecule has 0 spiro atoms. The Kier molecular flexibility index (Phi) is 4.55. The molecular formula is C14H12Cl2N2O3. The molecule has 1 aromatic carbocycles. The maximum atomic E-state index is 12.2. The number of hydrogen-bond donors (Lipinski definition) is 2. The van der Waals surface area contributed by atoms with E-state index in [0.29, 0.717) is 12.2 Å². The van der Waals surface area contributed by atoms with Crippen molar-refractivity contribution in [2.75, 3.05) is 5.32 Å².